The monoisotopic (exact) mass is 717 g/mol. The molecule has 8 aromatic carbocycles. The van der Waals surface area contributed by atoms with E-state index in [1.807, 2.05) is 0 Å². The molecule has 1 atom stereocenters. The molecule has 0 spiro atoms. The molecule has 0 fully saturated rings. The molecule has 2 aliphatic rings. The molecule has 0 saturated heterocycles. The normalized spacial score (nSPS) is 15.2. The summed E-state index contributed by atoms with van der Waals surface area (Å²) in [5, 5.41) is 4.83. The fourth-order valence-electron chi connectivity index (χ4n) is 9.68. The molecular weight excluding hydrogens is 679 g/mol. The van der Waals surface area contributed by atoms with E-state index in [4.69, 9.17) is 4.42 Å². The Morgan fingerprint density at radius 2 is 1.16 bits per heavy atom. The SMILES string of the molecule is CC1C=c2c(oc3ccc4ccccc4c23)=C(N(c2ccc(-c3ccccc3)cc2)c2cccc(C3(c4ccccc4)c4ccccc4-c4ccccc43)c2)C1. The molecule has 11 rings (SSSR count). The van der Waals surface area contributed by atoms with E-state index in [0.717, 1.165) is 28.8 Å². The summed E-state index contributed by atoms with van der Waals surface area (Å²) in [6, 6.07) is 70.9. The van der Waals surface area contributed by atoms with E-state index in [2.05, 4.69) is 212 Å². The summed E-state index contributed by atoms with van der Waals surface area (Å²) in [5.74, 6) is 0.302. The minimum absolute atomic E-state index is 0.302. The third-order valence-corrected chi connectivity index (χ3v) is 12.0. The molecule has 2 nitrogen and oxygen atoms in total. The zero-order valence-corrected chi connectivity index (χ0v) is 31.2. The fourth-order valence-corrected chi connectivity index (χ4v) is 9.68. The molecule has 0 bridgehead atoms. The molecule has 0 aliphatic heterocycles. The van der Waals surface area contributed by atoms with Crippen LogP contribution in [0.4, 0.5) is 11.4 Å². The summed E-state index contributed by atoms with van der Waals surface area (Å²) in [6.07, 6.45) is 3.26. The van der Waals surface area contributed by atoms with Crippen LogP contribution in [0.1, 0.15) is 35.6 Å². The zero-order chi connectivity index (χ0) is 37.2. The van der Waals surface area contributed by atoms with Crippen molar-refractivity contribution in [3.05, 3.63) is 227 Å². The van der Waals surface area contributed by atoms with Gasteiger partial charge in [0.25, 0.3) is 0 Å². The number of benzene rings is 8. The summed E-state index contributed by atoms with van der Waals surface area (Å²) in [4.78, 5) is 2.47. The van der Waals surface area contributed by atoms with Gasteiger partial charge in [0.05, 0.1) is 11.1 Å². The lowest BCUT2D eigenvalue weighted by Gasteiger charge is -2.35. The highest BCUT2D eigenvalue weighted by atomic mass is 16.3. The molecular formula is C54H39NO. The first kappa shape index (κ1) is 32.5. The second-order valence-electron chi connectivity index (χ2n) is 15.3. The molecule has 0 saturated carbocycles. The molecule has 1 unspecified atom stereocenters. The van der Waals surface area contributed by atoms with Crippen LogP contribution in [-0.4, -0.2) is 0 Å². The Morgan fingerprint density at radius 3 is 1.91 bits per heavy atom. The van der Waals surface area contributed by atoms with Gasteiger partial charge in [-0.1, -0.05) is 177 Å². The van der Waals surface area contributed by atoms with Crippen molar-refractivity contribution in [3.63, 3.8) is 0 Å². The second-order valence-corrected chi connectivity index (χ2v) is 15.3. The van der Waals surface area contributed by atoms with Gasteiger partial charge in [0.15, 0.2) is 5.42 Å². The summed E-state index contributed by atoms with van der Waals surface area (Å²) in [6.45, 7) is 2.33. The molecule has 0 N–H and O–H groups in total. The summed E-state index contributed by atoms with van der Waals surface area (Å²) in [7, 11) is 0. The Balaban J connectivity index is 1.19. The van der Waals surface area contributed by atoms with Crippen molar-refractivity contribution in [2.75, 3.05) is 4.90 Å². The first-order chi connectivity index (χ1) is 27.7. The zero-order valence-electron chi connectivity index (χ0n) is 31.2. The van der Waals surface area contributed by atoms with Crippen LogP contribution in [0.5, 0.6) is 0 Å². The lowest BCUT2D eigenvalue weighted by molar-refractivity contribution is 0.560. The number of hydrogen-bond donors (Lipinski definition) is 0. The van der Waals surface area contributed by atoms with E-state index in [0.29, 0.717) is 5.92 Å². The summed E-state index contributed by atoms with van der Waals surface area (Å²) < 4.78 is 6.98. The molecule has 56 heavy (non-hydrogen) atoms. The van der Waals surface area contributed by atoms with Gasteiger partial charge in [-0.15, -0.1) is 0 Å². The number of fused-ring (bicyclic) bond motifs is 8. The minimum Gasteiger partial charge on any atom is -0.454 e. The topological polar surface area (TPSA) is 16.4 Å². The van der Waals surface area contributed by atoms with Crippen LogP contribution < -0.4 is 15.5 Å². The molecule has 9 aromatic rings. The van der Waals surface area contributed by atoms with E-state index in [1.165, 1.54) is 71.6 Å². The van der Waals surface area contributed by atoms with E-state index < -0.39 is 5.41 Å². The Kier molecular flexibility index (Phi) is 7.47. The number of hydrogen-bond acceptors (Lipinski definition) is 2. The van der Waals surface area contributed by atoms with Crippen LogP contribution in [0.2, 0.25) is 0 Å². The highest BCUT2D eigenvalue weighted by Crippen LogP contribution is 2.56. The predicted octanol–water partition coefficient (Wildman–Crippen LogP) is 12.4. The smallest absolute Gasteiger partial charge is 0.154 e. The number of nitrogens with zero attached hydrogens (tertiary/aromatic N) is 1. The summed E-state index contributed by atoms with van der Waals surface area (Å²) in [5.41, 5.74) is 14.8. The maximum absolute atomic E-state index is 6.98. The lowest BCUT2D eigenvalue weighted by atomic mass is 9.67. The molecule has 266 valence electrons. The third-order valence-electron chi connectivity index (χ3n) is 12.0. The predicted molar refractivity (Wildman–Crippen MR) is 232 cm³/mol. The van der Waals surface area contributed by atoms with Gasteiger partial charge in [-0.25, -0.2) is 0 Å². The molecule has 1 aromatic heterocycles. The van der Waals surface area contributed by atoms with Crippen molar-refractivity contribution < 1.29 is 4.42 Å². The van der Waals surface area contributed by atoms with Crippen LogP contribution in [0.25, 0.3) is 55.8 Å². The minimum atomic E-state index is -0.505. The van der Waals surface area contributed by atoms with E-state index in [-0.39, 0.29) is 0 Å². The van der Waals surface area contributed by atoms with Crippen molar-refractivity contribution >= 4 is 44.9 Å². The Morgan fingerprint density at radius 1 is 0.536 bits per heavy atom. The van der Waals surface area contributed by atoms with Gasteiger partial charge >= 0.3 is 0 Å². The fraction of sp³-hybridized carbons (Fsp3) is 0.0741. The Labute approximate surface area is 326 Å². The van der Waals surface area contributed by atoms with Crippen molar-refractivity contribution in [1.29, 1.82) is 0 Å². The third kappa shape index (κ3) is 4.89. The largest absolute Gasteiger partial charge is 0.454 e. The molecule has 0 radical (unpaired) electrons. The Hall–Kier alpha value is -6.90. The van der Waals surface area contributed by atoms with Crippen LogP contribution >= 0.6 is 0 Å². The molecule has 2 aliphatic carbocycles. The van der Waals surface area contributed by atoms with E-state index in [1.54, 1.807) is 0 Å². The Bertz CT molecular complexity index is 3020. The van der Waals surface area contributed by atoms with Crippen LogP contribution in [-0.2, 0) is 5.41 Å². The first-order valence-electron chi connectivity index (χ1n) is 19.6. The first-order valence-corrected chi connectivity index (χ1v) is 19.6. The van der Waals surface area contributed by atoms with Crippen LogP contribution in [0.15, 0.2) is 199 Å². The highest BCUT2D eigenvalue weighted by Gasteiger charge is 2.46. The molecule has 1 heterocycles. The van der Waals surface area contributed by atoms with E-state index in [9.17, 15) is 0 Å². The van der Waals surface area contributed by atoms with Gasteiger partial charge in [0.1, 0.15) is 5.58 Å². The van der Waals surface area contributed by atoms with Gasteiger partial charge in [0.2, 0.25) is 0 Å². The van der Waals surface area contributed by atoms with Crippen molar-refractivity contribution in [3.8, 4) is 22.3 Å². The quantitative estimate of drug-likeness (QED) is 0.170. The average molecular weight is 718 g/mol. The molecule has 0 amide bonds. The highest BCUT2D eigenvalue weighted by molar-refractivity contribution is 6.06. The lowest BCUT2D eigenvalue weighted by Crippen LogP contribution is -2.35. The van der Waals surface area contributed by atoms with Gasteiger partial charge < -0.3 is 9.32 Å². The second kappa shape index (κ2) is 12.9. The number of anilines is 2. The maximum atomic E-state index is 6.98. The van der Waals surface area contributed by atoms with Gasteiger partial charge in [-0.05, 0) is 98.0 Å². The van der Waals surface area contributed by atoms with E-state index >= 15 is 0 Å². The summed E-state index contributed by atoms with van der Waals surface area (Å²) >= 11 is 0. The van der Waals surface area contributed by atoms with Crippen molar-refractivity contribution in [2.45, 2.75) is 18.8 Å². The number of furan rings is 1. The van der Waals surface area contributed by atoms with Gasteiger partial charge in [-0.3, -0.25) is 0 Å². The van der Waals surface area contributed by atoms with Crippen molar-refractivity contribution in [2.24, 2.45) is 5.92 Å². The van der Waals surface area contributed by atoms with Crippen LogP contribution in [0.3, 0.4) is 0 Å². The van der Waals surface area contributed by atoms with Crippen molar-refractivity contribution in [1.82, 2.24) is 0 Å². The number of rotatable bonds is 6. The maximum Gasteiger partial charge on any atom is 0.154 e. The van der Waals surface area contributed by atoms with Gasteiger partial charge in [-0.2, -0.15) is 0 Å². The molecule has 2 heteroatoms. The standard InChI is InChI=1S/C54H39NO/c1-36-33-47-52-44-22-9-8-17-39(44)29-32-51(52)56-53(47)50(34-36)55(42-30-27-38(28-31-42)37-15-4-2-5-16-37)43-21-14-20-41(35-43)54(40-18-6-3-7-19-40)48-25-12-10-23-45(48)46-24-11-13-26-49(46)54/h2-33,35-36H,34H2,1H3. The van der Waals surface area contributed by atoms with Crippen LogP contribution in [0, 0.1) is 5.92 Å². The average Bonchev–Trinajstić information content (AvgIpc) is 3.79. The van der Waals surface area contributed by atoms with Gasteiger partial charge in [0, 0.05) is 22.0 Å².